The molecule has 12 nitrogen and oxygen atoms in total. The minimum atomic E-state index is -3.79. The first kappa shape index (κ1) is 26.7. The van der Waals surface area contributed by atoms with E-state index in [4.69, 9.17) is 9.47 Å². The number of aliphatic carboxylic acids is 3. The molecule has 2 aliphatic heterocycles. The van der Waals surface area contributed by atoms with Gasteiger partial charge in [0.15, 0.2) is 5.79 Å². The van der Waals surface area contributed by atoms with Crippen LogP contribution in [0.4, 0.5) is 0 Å². The normalized spacial score (nSPS) is 35.7. The summed E-state index contributed by atoms with van der Waals surface area (Å²) in [6.45, 7) is 5.58. The lowest BCUT2D eigenvalue weighted by atomic mass is 9.74. The van der Waals surface area contributed by atoms with Crippen molar-refractivity contribution in [1.29, 1.82) is 0 Å². The highest BCUT2D eigenvalue weighted by Crippen LogP contribution is 2.54. The minimum Gasteiger partial charge on any atom is -0.479 e. The molecule has 12 heteroatoms. The van der Waals surface area contributed by atoms with Crippen molar-refractivity contribution in [2.24, 2.45) is 5.92 Å². The van der Waals surface area contributed by atoms with Gasteiger partial charge in [0.1, 0.15) is 12.2 Å². The van der Waals surface area contributed by atoms with Gasteiger partial charge in [-0.3, -0.25) is 0 Å². The van der Waals surface area contributed by atoms with Crippen LogP contribution in [0.5, 0.6) is 0 Å². The summed E-state index contributed by atoms with van der Waals surface area (Å²) in [6.07, 6.45) is -8.79. The van der Waals surface area contributed by atoms with Gasteiger partial charge >= 0.3 is 17.9 Å². The van der Waals surface area contributed by atoms with Crippen LogP contribution in [0.15, 0.2) is 42.5 Å². The number of ether oxygens (including phenoxy) is 2. The Balaban J connectivity index is 1.87. The number of aliphatic hydroxyl groups excluding tert-OH is 3. The molecular formula is C23H28O12. The van der Waals surface area contributed by atoms with Crippen LogP contribution in [0, 0.1) is 5.92 Å². The van der Waals surface area contributed by atoms with Crippen molar-refractivity contribution in [2.75, 3.05) is 0 Å². The number of fused-ring (bicyclic) bond motifs is 2. The van der Waals surface area contributed by atoms with Crippen LogP contribution in [0.1, 0.15) is 25.3 Å². The van der Waals surface area contributed by atoms with E-state index in [2.05, 4.69) is 6.58 Å². The Morgan fingerprint density at radius 1 is 1.06 bits per heavy atom. The average molecular weight is 496 g/mol. The van der Waals surface area contributed by atoms with E-state index in [1.807, 2.05) is 30.3 Å². The van der Waals surface area contributed by atoms with Crippen LogP contribution in [0.2, 0.25) is 0 Å². The van der Waals surface area contributed by atoms with Crippen LogP contribution in [0.3, 0.4) is 0 Å². The fourth-order valence-corrected chi connectivity index (χ4v) is 4.81. The van der Waals surface area contributed by atoms with E-state index < -0.39 is 65.7 Å². The molecule has 192 valence electrons. The fourth-order valence-electron chi connectivity index (χ4n) is 4.81. The van der Waals surface area contributed by atoms with E-state index in [1.54, 1.807) is 6.92 Å². The largest absolute Gasteiger partial charge is 0.479 e. The molecule has 0 aromatic heterocycles. The van der Waals surface area contributed by atoms with Crippen LogP contribution in [0.25, 0.3) is 0 Å². The number of carboxylic acid groups (broad SMARTS) is 3. The second kappa shape index (κ2) is 9.30. The Kier molecular flexibility index (Phi) is 7.10. The number of benzene rings is 1. The predicted octanol–water partition coefficient (Wildman–Crippen LogP) is -0.867. The molecule has 0 spiro atoms. The molecular weight excluding hydrogens is 468 g/mol. The van der Waals surface area contributed by atoms with Crippen molar-refractivity contribution in [2.45, 2.75) is 67.6 Å². The molecule has 2 saturated heterocycles. The molecule has 2 fully saturated rings. The van der Waals surface area contributed by atoms with Gasteiger partial charge in [0.25, 0.3) is 0 Å². The fraction of sp³-hybridized carbons (Fsp3) is 0.522. The van der Waals surface area contributed by atoms with Gasteiger partial charge in [0.05, 0.1) is 6.10 Å². The third-order valence-electron chi connectivity index (χ3n) is 6.78. The van der Waals surface area contributed by atoms with Gasteiger partial charge in [0.2, 0.25) is 17.3 Å². The van der Waals surface area contributed by atoms with E-state index in [0.717, 1.165) is 5.56 Å². The van der Waals surface area contributed by atoms with Crippen LogP contribution < -0.4 is 0 Å². The Labute approximate surface area is 199 Å². The quantitative estimate of drug-likeness (QED) is 0.197. The zero-order valence-electron chi connectivity index (χ0n) is 18.8. The number of carboxylic acids is 3. The second-order valence-corrected chi connectivity index (χ2v) is 9.02. The highest BCUT2D eigenvalue weighted by atomic mass is 16.8. The smallest absolute Gasteiger partial charge is 0.343 e. The summed E-state index contributed by atoms with van der Waals surface area (Å²) in [5.74, 6) is -9.43. The van der Waals surface area contributed by atoms with Gasteiger partial charge in [-0.2, -0.15) is 0 Å². The molecule has 1 aromatic carbocycles. The van der Waals surface area contributed by atoms with Gasteiger partial charge in [-0.1, -0.05) is 43.8 Å². The maximum atomic E-state index is 12.1. The molecule has 2 bridgehead atoms. The SMILES string of the molecule is C=C(CC[C@@]12O[C@@H](C(=O)O)[C@](O)(C(=O)O)[C@@](C(=O)O)(O1)[C@@H](O)[C@@H]2O)C(O)C(C)Cc1ccccc1. The molecule has 0 aliphatic carbocycles. The van der Waals surface area contributed by atoms with Crippen molar-refractivity contribution in [3.63, 3.8) is 0 Å². The van der Waals surface area contributed by atoms with Gasteiger partial charge in [-0.05, 0) is 29.9 Å². The Bertz CT molecular complexity index is 1010. The van der Waals surface area contributed by atoms with Crippen molar-refractivity contribution >= 4 is 17.9 Å². The molecule has 0 amide bonds. The minimum absolute atomic E-state index is 0.183. The van der Waals surface area contributed by atoms with Crippen LogP contribution >= 0.6 is 0 Å². The van der Waals surface area contributed by atoms with Crippen molar-refractivity contribution < 1.29 is 59.6 Å². The molecule has 3 rings (SSSR count). The third-order valence-corrected chi connectivity index (χ3v) is 6.78. The summed E-state index contributed by atoms with van der Waals surface area (Å²) in [6, 6.07) is 9.30. The monoisotopic (exact) mass is 496 g/mol. The highest BCUT2D eigenvalue weighted by molar-refractivity contribution is 5.97. The van der Waals surface area contributed by atoms with E-state index in [0.29, 0.717) is 6.42 Å². The van der Waals surface area contributed by atoms with Crippen LogP contribution in [-0.2, 0) is 30.3 Å². The molecule has 2 heterocycles. The molecule has 0 radical (unpaired) electrons. The zero-order chi connectivity index (χ0) is 26.3. The van der Waals surface area contributed by atoms with Gasteiger partial charge in [-0.25, -0.2) is 14.4 Å². The highest BCUT2D eigenvalue weighted by Gasteiger charge is 2.84. The first-order valence-electron chi connectivity index (χ1n) is 10.8. The molecule has 2 aliphatic rings. The lowest BCUT2D eigenvalue weighted by molar-refractivity contribution is -0.374. The standard InChI is InChI=1S/C23H28O12/c1-11(14(24)12(2)10-13-6-4-3-5-7-13)8-9-21-15(25)16(26)23(35-21,20(31)32)22(33,19(29)30)17(34-21)18(27)28/h3-7,12,14-17,24-26,33H,1,8-10H2,2H3,(H,27,28)(H,29,30)(H,31,32)/t12?,14?,15-,16-,17-,21+,22-,23+/m0/s1. The van der Waals surface area contributed by atoms with Crippen LogP contribution in [-0.4, -0.2) is 95.1 Å². The van der Waals surface area contributed by atoms with E-state index in [9.17, 15) is 50.1 Å². The van der Waals surface area contributed by atoms with E-state index in [1.165, 1.54) is 0 Å². The third kappa shape index (κ3) is 4.01. The molecule has 2 unspecified atom stereocenters. The zero-order valence-corrected chi connectivity index (χ0v) is 18.8. The molecule has 8 atom stereocenters. The molecule has 0 saturated carbocycles. The summed E-state index contributed by atoms with van der Waals surface area (Å²) in [7, 11) is 0. The topological polar surface area (TPSA) is 211 Å². The number of hydrogen-bond donors (Lipinski definition) is 7. The van der Waals surface area contributed by atoms with E-state index in [-0.39, 0.29) is 17.9 Å². The van der Waals surface area contributed by atoms with Gasteiger partial charge < -0.3 is 45.2 Å². The summed E-state index contributed by atoms with van der Waals surface area (Å²) < 4.78 is 10.5. The second-order valence-electron chi connectivity index (χ2n) is 9.02. The first-order chi connectivity index (χ1) is 16.2. The molecule has 35 heavy (non-hydrogen) atoms. The van der Waals surface area contributed by atoms with Crippen molar-refractivity contribution in [1.82, 2.24) is 0 Å². The first-order valence-corrected chi connectivity index (χ1v) is 10.8. The Morgan fingerprint density at radius 3 is 2.17 bits per heavy atom. The lowest BCUT2D eigenvalue weighted by Crippen LogP contribution is -2.77. The van der Waals surface area contributed by atoms with Crippen molar-refractivity contribution in [3.05, 3.63) is 48.0 Å². The summed E-state index contributed by atoms with van der Waals surface area (Å²) in [5.41, 5.74) is -6.07. The lowest BCUT2D eigenvalue weighted by Gasteiger charge is -2.48. The molecule has 7 N–H and O–H groups in total. The maximum Gasteiger partial charge on any atom is 0.343 e. The number of hydrogen-bond acceptors (Lipinski definition) is 9. The van der Waals surface area contributed by atoms with Gasteiger partial charge in [0, 0.05) is 6.42 Å². The number of rotatable bonds is 10. The molecule has 1 aromatic rings. The van der Waals surface area contributed by atoms with E-state index >= 15 is 0 Å². The number of aliphatic hydroxyl groups is 4. The number of carbonyl (C=O) groups is 3. The Morgan fingerprint density at radius 2 is 1.66 bits per heavy atom. The summed E-state index contributed by atoms with van der Waals surface area (Å²) >= 11 is 0. The predicted molar refractivity (Wildman–Crippen MR) is 115 cm³/mol. The maximum absolute atomic E-state index is 12.1. The Hall–Kier alpha value is -2.87. The average Bonchev–Trinajstić information content (AvgIpc) is 3.00. The van der Waals surface area contributed by atoms with Crippen molar-refractivity contribution in [3.8, 4) is 0 Å². The summed E-state index contributed by atoms with van der Waals surface area (Å²) in [5, 5.41) is 71.4. The summed E-state index contributed by atoms with van der Waals surface area (Å²) in [4.78, 5) is 35.8. The van der Waals surface area contributed by atoms with Gasteiger partial charge in [-0.15, -0.1) is 0 Å².